The Morgan fingerprint density at radius 1 is 1.35 bits per heavy atom. The van der Waals surface area contributed by atoms with Crippen LogP contribution in [-0.2, 0) is 14.8 Å². The molecular formula is C9H14N4O3S. The SMILES string of the molecule is CN1CCN(C(=O)C2=C(N)C=NS2(=O)=O)CC1. The molecule has 0 aromatic heterocycles. The number of nitrogens with zero attached hydrogens (tertiary/aromatic N) is 3. The summed E-state index contributed by atoms with van der Waals surface area (Å²) in [4.78, 5) is 15.2. The van der Waals surface area contributed by atoms with Crippen LogP contribution >= 0.6 is 0 Å². The van der Waals surface area contributed by atoms with Crippen molar-refractivity contribution in [2.75, 3.05) is 33.2 Å². The van der Waals surface area contributed by atoms with Gasteiger partial charge in [0.2, 0.25) is 0 Å². The second kappa shape index (κ2) is 4.11. The molecule has 2 N–H and O–H groups in total. The van der Waals surface area contributed by atoms with E-state index in [4.69, 9.17) is 5.73 Å². The highest BCUT2D eigenvalue weighted by atomic mass is 32.2. The lowest BCUT2D eigenvalue weighted by atomic mass is 10.3. The molecule has 0 radical (unpaired) electrons. The Balaban J connectivity index is 2.20. The van der Waals surface area contributed by atoms with Gasteiger partial charge in [0.05, 0.1) is 11.9 Å². The largest absolute Gasteiger partial charge is 0.396 e. The number of hydrogen-bond acceptors (Lipinski definition) is 5. The summed E-state index contributed by atoms with van der Waals surface area (Å²) < 4.78 is 26.3. The van der Waals surface area contributed by atoms with Gasteiger partial charge in [-0.25, -0.2) is 0 Å². The van der Waals surface area contributed by atoms with Crippen LogP contribution in [0, 0.1) is 0 Å². The maximum atomic E-state index is 12.0. The number of allylic oxidation sites excluding steroid dienone is 1. The number of hydrogen-bond donors (Lipinski definition) is 1. The molecule has 0 spiro atoms. The molecule has 0 aromatic carbocycles. The van der Waals surface area contributed by atoms with Crippen molar-refractivity contribution in [1.29, 1.82) is 0 Å². The van der Waals surface area contributed by atoms with Gasteiger partial charge in [-0.2, -0.15) is 12.8 Å². The van der Waals surface area contributed by atoms with Crippen molar-refractivity contribution in [3.63, 3.8) is 0 Å². The average molecular weight is 258 g/mol. The van der Waals surface area contributed by atoms with Gasteiger partial charge in [-0.05, 0) is 7.05 Å². The Morgan fingerprint density at radius 2 is 1.94 bits per heavy atom. The Morgan fingerprint density at radius 3 is 2.41 bits per heavy atom. The molecule has 2 rings (SSSR count). The molecule has 8 heteroatoms. The number of piperazine rings is 1. The van der Waals surface area contributed by atoms with Crippen molar-refractivity contribution in [2.24, 2.45) is 10.1 Å². The second-order valence-corrected chi connectivity index (χ2v) is 5.66. The molecular weight excluding hydrogens is 244 g/mol. The van der Waals surface area contributed by atoms with Crippen LogP contribution < -0.4 is 5.73 Å². The van der Waals surface area contributed by atoms with Crippen LogP contribution in [0.1, 0.15) is 0 Å². The van der Waals surface area contributed by atoms with E-state index in [0.717, 1.165) is 19.3 Å². The molecule has 17 heavy (non-hydrogen) atoms. The van der Waals surface area contributed by atoms with E-state index in [0.29, 0.717) is 13.1 Å². The molecule has 1 fully saturated rings. The standard InChI is InChI=1S/C9H14N4O3S/c1-12-2-4-13(5-3-12)9(14)8-7(10)6-11-17(8,15)16/h6H,2-5,10H2,1H3. The van der Waals surface area contributed by atoms with Crippen LogP contribution in [0.5, 0.6) is 0 Å². The maximum Gasteiger partial charge on any atom is 0.289 e. The first-order valence-electron chi connectivity index (χ1n) is 5.20. The third kappa shape index (κ3) is 2.18. The van der Waals surface area contributed by atoms with Crippen LogP contribution in [0.25, 0.3) is 0 Å². The number of amides is 1. The van der Waals surface area contributed by atoms with Gasteiger partial charge in [0.1, 0.15) is 0 Å². The highest BCUT2D eigenvalue weighted by Gasteiger charge is 2.35. The highest BCUT2D eigenvalue weighted by molar-refractivity contribution is 7.95. The number of carbonyl (C=O) groups excluding carboxylic acids is 1. The summed E-state index contributed by atoms with van der Waals surface area (Å²) in [6.45, 7) is 2.45. The van der Waals surface area contributed by atoms with Gasteiger partial charge in [-0.15, -0.1) is 0 Å². The number of likely N-dealkylation sites (N-methyl/N-ethyl adjacent to an activating group) is 1. The molecule has 2 aliphatic rings. The van der Waals surface area contributed by atoms with Gasteiger partial charge in [-0.1, -0.05) is 0 Å². The minimum absolute atomic E-state index is 0.0751. The fourth-order valence-electron chi connectivity index (χ4n) is 1.77. The first-order chi connectivity index (χ1) is 7.92. The lowest BCUT2D eigenvalue weighted by Crippen LogP contribution is -2.48. The van der Waals surface area contributed by atoms with Crippen molar-refractivity contribution in [3.8, 4) is 0 Å². The Labute approximate surface area is 99.6 Å². The molecule has 0 atom stereocenters. The van der Waals surface area contributed by atoms with Gasteiger partial charge in [0.25, 0.3) is 15.9 Å². The van der Waals surface area contributed by atoms with E-state index in [1.54, 1.807) is 0 Å². The van der Waals surface area contributed by atoms with Crippen LogP contribution in [0.4, 0.5) is 0 Å². The Kier molecular flexibility index (Phi) is 2.92. The molecule has 2 heterocycles. The topological polar surface area (TPSA) is 96.1 Å². The normalized spacial score (nSPS) is 24.4. The first kappa shape index (κ1) is 12.1. The fourth-order valence-corrected chi connectivity index (χ4v) is 2.83. The van der Waals surface area contributed by atoms with E-state index >= 15 is 0 Å². The molecule has 1 saturated heterocycles. The molecule has 0 saturated carbocycles. The average Bonchev–Trinajstić information content (AvgIpc) is 2.53. The smallest absolute Gasteiger partial charge is 0.289 e. The lowest BCUT2D eigenvalue weighted by Gasteiger charge is -2.32. The second-order valence-electron chi connectivity index (χ2n) is 4.09. The van der Waals surface area contributed by atoms with Crippen molar-refractivity contribution < 1.29 is 13.2 Å². The summed E-state index contributed by atoms with van der Waals surface area (Å²) in [5.41, 5.74) is 5.41. The summed E-state index contributed by atoms with van der Waals surface area (Å²) >= 11 is 0. The van der Waals surface area contributed by atoms with E-state index in [2.05, 4.69) is 9.30 Å². The quantitative estimate of drug-likeness (QED) is 0.607. The number of carbonyl (C=O) groups is 1. The third-order valence-corrected chi connectivity index (χ3v) is 4.14. The van der Waals surface area contributed by atoms with Crippen LogP contribution in [0.15, 0.2) is 15.0 Å². The van der Waals surface area contributed by atoms with E-state index in [-0.39, 0.29) is 10.6 Å². The van der Waals surface area contributed by atoms with Crippen molar-refractivity contribution >= 4 is 22.1 Å². The summed E-state index contributed by atoms with van der Waals surface area (Å²) in [5.74, 6) is -0.548. The summed E-state index contributed by atoms with van der Waals surface area (Å²) in [6.07, 6.45) is 1.01. The third-order valence-electron chi connectivity index (χ3n) is 2.84. The molecule has 0 bridgehead atoms. The van der Waals surface area contributed by atoms with E-state index in [1.807, 2.05) is 7.05 Å². The predicted molar refractivity (Wildman–Crippen MR) is 62.7 cm³/mol. The molecule has 0 aliphatic carbocycles. The van der Waals surface area contributed by atoms with Gasteiger partial charge >= 0.3 is 0 Å². The minimum atomic E-state index is -3.88. The van der Waals surface area contributed by atoms with Gasteiger partial charge in [-0.3, -0.25) is 4.79 Å². The molecule has 2 aliphatic heterocycles. The molecule has 94 valence electrons. The molecule has 7 nitrogen and oxygen atoms in total. The molecule has 0 unspecified atom stereocenters. The van der Waals surface area contributed by atoms with Crippen LogP contribution in [0.2, 0.25) is 0 Å². The van der Waals surface area contributed by atoms with Gasteiger partial charge in [0.15, 0.2) is 4.91 Å². The van der Waals surface area contributed by atoms with Crippen LogP contribution in [0.3, 0.4) is 0 Å². The van der Waals surface area contributed by atoms with Crippen molar-refractivity contribution in [3.05, 3.63) is 10.6 Å². The number of nitrogens with two attached hydrogens (primary N) is 1. The van der Waals surface area contributed by atoms with E-state index in [1.165, 1.54) is 4.90 Å². The highest BCUT2D eigenvalue weighted by Crippen LogP contribution is 2.20. The lowest BCUT2D eigenvalue weighted by molar-refractivity contribution is -0.127. The molecule has 0 aromatic rings. The Bertz CT molecular complexity index is 500. The van der Waals surface area contributed by atoms with Crippen molar-refractivity contribution in [2.45, 2.75) is 0 Å². The number of rotatable bonds is 1. The van der Waals surface area contributed by atoms with Gasteiger partial charge < -0.3 is 15.5 Å². The maximum absolute atomic E-state index is 12.0. The molecule has 1 amide bonds. The van der Waals surface area contributed by atoms with Gasteiger partial charge in [0, 0.05) is 26.2 Å². The zero-order valence-corrected chi connectivity index (χ0v) is 10.3. The summed E-state index contributed by atoms with van der Waals surface area (Å²) in [5, 5.41) is 0. The fraction of sp³-hybridized carbons (Fsp3) is 0.556. The zero-order valence-electron chi connectivity index (χ0n) is 9.46. The minimum Gasteiger partial charge on any atom is -0.396 e. The van der Waals surface area contributed by atoms with Crippen molar-refractivity contribution in [1.82, 2.24) is 9.80 Å². The number of sulfonamides is 1. The summed E-state index contributed by atoms with van der Waals surface area (Å²) in [6, 6.07) is 0. The Hall–Kier alpha value is -1.41. The zero-order chi connectivity index (χ0) is 12.6. The predicted octanol–water partition coefficient (Wildman–Crippen LogP) is -1.66. The van der Waals surface area contributed by atoms with Crippen LogP contribution in [-0.4, -0.2) is 63.6 Å². The van der Waals surface area contributed by atoms with E-state index < -0.39 is 15.9 Å². The first-order valence-corrected chi connectivity index (χ1v) is 6.64. The summed E-state index contributed by atoms with van der Waals surface area (Å²) in [7, 11) is -1.93. The monoisotopic (exact) mass is 258 g/mol. The van der Waals surface area contributed by atoms with E-state index in [9.17, 15) is 13.2 Å².